The zero-order chi connectivity index (χ0) is 12.1. The molecule has 1 unspecified atom stereocenters. The molecular formula is C9H18F3NO2. The van der Waals surface area contributed by atoms with Crippen LogP contribution in [0.3, 0.4) is 0 Å². The van der Waals surface area contributed by atoms with Crippen LogP contribution in [0.5, 0.6) is 0 Å². The van der Waals surface area contributed by atoms with Gasteiger partial charge in [0, 0.05) is 26.2 Å². The first kappa shape index (κ1) is 14.7. The Labute approximate surface area is 87.8 Å². The molecule has 0 aromatic carbocycles. The molecule has 1 N–H and O–H groups in total. The van der Waals surface area contributed by atoms with Crippen LogP contribution in [0.25, 0.3) is 0 Å². The lowest BCUT2D eigenvalue weighted by Gasteiger charge is -2.29. The summed E-state index contributed by atoms with van der Waals surface area (Å²) in [6.45, 7) is 3.87. The van der Waals surface area contributed by atoms with Crippen LogP contribution in [0.4, 0.5) is 13.2 Å². The standard InChI is InChI=1S/C9H18F3NO2/c1-7(2)13(4-5-15-3)6-8(14)9(10,11)12/h7-8,14H,4-6H2,1-3H3. The quantitative estimate of drug-likeness (QED) is 0.744. The van der Waals surface area contributed by atoms with Crippen LogP contribution in [-0.2, 0) is 4.74 Å². The van der Waals surface area contributed by atoms with Gasteiger partial charge in [0.2, 0.25) is 0 Å². The van der Waals surface area contributed by atoms with E-state index in [4.69, 9.17) is 9.84 Å². The van der Waals surface area contributed by atoms with E-state index in [0.717, 1.165) is 0 Å². The Balaban J connectivity index is 4.16. The van der Waals surface area contributed by atoms with Crippen molar-refractivity contribution >= 4 is 0 Å². The number of nitrogens with zero attached hydrogens (tertiary/aromatic N) is 1. The monoisotopic (exact) mass is 229 g/mol. The van der Waals surface area contributed by atoms with E-state index in [1.807, 2.05) is 0 Å². The second-order valence-corrected chi connectivity index (χ2v) is 3.64. The third kappa shape index (κ3) is 5.96. The van der Waals surface area contributed by atoms with Crippen LogP contribution < -0.4 is 0 Å². The smallest absolute Gasteiger partial charge is 0.383 e. The molecule has 92 valence electrons. The molecular weight excluding hydrogens is 211 g/mol. The summed E-state index contributed by atoms with van der Waals surface area (Å²) in [5, 5.41) is 8.90. The maximum Gasteiger partial charge on any atom is 0.415 e. The molecule has 0 saturated heterocycles. The molecule has 0 rings (SSSR count). The fourth-order valence-electron chi connectivity index (χ4n) is 1.09. The molecule has 0 aliphatic carbocycles. The summed E-state index contributed by atoms with van der Waals surface area (Å²) in [6.07, 6.45) is -6.85. The first-order chi connectivity index (χ1) is 6.79. The largest absolute Gasteiger partial charge is 0.415 e. The number of methoxy groups -OCH3 is 1. The topological polar surface area (TPSA) is 32.7 Å². The van der Waals surface area contributed by atoms with Gasteiger partial charge in [-0.25, -0.2) is 0 Å². The summed E-state index contributed by atoms with van der Waals surface area (Å²) in [5.74, 6) is 0. The Bertz CT molecular complexity index is 173. The molecule has 15 heavy (non-hydrogen) atoms. The van der Waals surface area contributed by atoms with Gasteiger partial charge in [0.05, 0.1) is 6.61 Å². The van der Waals surface area contributed by atoms with E-state index >= 15 is 0 Å². The van der Waals surface area contributed by atoms with Crippen LogP contribution in [0.15, 0.2) is 0 Å². The maximum atomic E-state index is 12.1. The minimum atomic E-state index is -4.56. The van der Waals surface area contributed by atoms with Crippen LogP contribution >= 0.6 is 0 Å². The highest BCUT2D eigenvalue weighted by atomic mass is 19.4. The average Bonchev–Trinajstić information content (AvgIpc) is 2.09. The summed E-state index contributed by atoms with van der Waals surface area (Å²) in [7, 11) is 1.48. The third-order valence-electron chi connectivity index (χ3n) is 2.10. The van der Waals surface area contributed by atoms with E-state index in [-0.39, 0.29) is 6.04 Å². The van der Waals surface area contributed by atoms with E-state index < -0.39 is 18.8 Å². The van der Waals surface area contributed by atoms with E-state index in [0.29, 0.717) is 13.2 Å². The first-order valence-corrected chi connectivity index (χ1v) is 4.76. The Morgan fingerprint density at radius 3 is 2.20 bits per heavy atom. The van der Waals surface area contributed by atoms with Crippen molar-refractivity contribution in [3.63, 3.8) is 0 Å². The van der Waals surface area contributed by atoms with Crippen molar-refractivity contribution in [3.8, 4) is 0 Å². The van der Waals surface area contributed by atoms with Gasteiger partial charge in [-0.05, 0) is 13.8 Å². The number of aliphatic hydroxyl groups is 1. The van der Waals surface area contributed by atoms with Crippen molar-refractivity contribution < 1.29 is 23.0 Å². The van der Waals surface area contributed by atoms with Crippen molar-refractivity contribution in [3.05, 3.63) is 0 Å². The van der Waals surface area contributed by atoms with E-state index in [1.165, 1.54) is 12.0 Å². The molecule has 0 spiro atoms. The zero-order valence-electron chi connectivity index (χ0n) is 9.21. The Morgan fingerprint density at radius 2 is 1.87 bits per heavy atom. The van der Waals surface area contributed by atoms with E-state index in [1.54, 1.807) is 13.8 Å². The second-order valence-electron chi connectivity index (χ2n) is 3.64. The summed E-state index contributed by atoms with van der Waals surface area (Å²) in [6, 6.07) is -0.0582. The van der Waals surface area contributed by atoms with Crippen LogP contribution in [-0.4, -0.2) is 55.1 Å². The molecule has 6 heteroatoms. The molecule has 0 aliphatic heterocycles. The van der Waals surface area contributed by atoms with Gasteiger partial charge in [-0.1, -0.05) is 0 Å². The lowest BCUT2D eigenvalue weighted by atomic mass is 10.2. The Hall–Kier alpha value is -0.330. The predicted octanol–water partition coefficient (Wildman–Crippen LogP) is 1.27. The van der Waals surface area contributed by atoms with Gasteiger partial charge in [-0.15, -0.1) is 0 Å². The van der Waals surface area contributed by atoms with Crippen LogP contribution in [0.1, 0.15) is 13.8 Å². The SMILES string of the molecule is COCCN(CC(O)C(F)(F)F)C(C)C. The molecule has 1 atom stereocenters. The molecule has 3 nitrogen and oxygen atoms in total. The first-order valence-electron chi connectivity index (χ1n) is 4.76. The molecule has 0 aromatic heterocycles. The number of hydrogen-bond donors (Lipinski definition) is 1. The van der Waals surface area contributed by atoms with Gasteiger partial charge in [0.1, 0.15) is 0 Å². The van der Waals surface area contributed by atoms with E-state index in [9.17, 15) is 13.2 Å². The molecule has 0 bridgehead atoms. The van der Waals surface area contributed by atoms with Crippen molar-refractivity contribution in [2.24, 2.45) is 0 Å². The Kier molecular flexibility index (Phi) is 6.16. The summed E-state index contributed by atoms with van der Waals surface area (Å²) in [4.78, 5) is 1.53. The van der Waals surface area contributed by atoms with Gasteiger partial charge < -0.3 is 9.84 Å². The number of alkyl halides is 3. The fourth-order valence-corrected chi connectivity index (χ4v) is 1.09. The lowest BCUT2D eigenvalue weighted by Crippen LogP contribution is -2.45. The lowest BCUT2D eigenvalue weighted by molar-refractivity contribution is -0.209. The highest BCUT2D eigenvalue weighted by molar-refractivity contribution is 4.73. The van der Waals surface area contributed by atoms with Gasteiger partial charge >= 0.3 is 6.18 Å². The van der Waals surface area contributed by atoms with Crippen LogP contribution in [0, 0.1) is 0 Å². The molecule has 0 radical (unpaired) electrons. The normalized spacial score (nSPS) is 15.0. The summed E-state index contributed by atoms with van der Waals surface area (Å²) >= 11 is 0. The minimum Gasteiger partial charge on any atom is -0.383 e. The fraction of sp³-hybridized carbons (Fsp3) is 1.00. The molecule has 0 fully saturated rings. The van der Waals surface area contributed by atoms with Gasteiger partial charge in [-0.3, -0.25) is 4.90 Å². The number of halogens is 3. The maximum absolute atomic E-state index is 12.1. The van der Waals surface area contributed by atoms with Crippen molar-refractivity contribution in [2.75, 3.05) is 26.8 Å². The molecule has 0 saturated carbocycles. The zero-order valence-corrected chi connectivity index (χ0v) is 9.21. The molecule has 0 aromatic rings. The summed E-state index contributed by atoms with van der Waals surface area (Å²) in [5.41, 5.74) is 0. The number of rotatable bonds is 6. The highest BCUT2D eigenvalue weighted by Crippen LogP contribution is 2.21. The average molecular weight is 229 g/mol. The molecule has 0 heterocycles. The molecule has 0 amide bonds. The Morgan fingerprint density at radius 1 is 1.33 bits per heavy atom. The third-order valence-corrected chi connectivity index (χ3v) is 2.10. The van der Waals surface area contributed by atoms with Crippen LogP contribution in [0.2, 0.25) is 0 Å². The van der Waals surface area contributed by atoms with Gasteiger partial charge in [0.15, 0.2) is 6.10 Å². The molecule has 0 aliphatic rings. The van der Waals surface area contributed by atoms with E-state index in [2.05, 4.69) is 0 Å². The number of ether oxygens (including phenoxy) is 1. The summed E-state index contributed by atoms with van der Waals surface area (Å²) < 4.78 is 41.0. The van der Waals surface area contributed by atoms with Crippen molar-refractivity contribution in [1.82, 2.24) is 4.90 Å². The minimum absolute atomic E-state index is 0.0582. The predicted molar refractivity (Wildman–Crippen MR) is 50.6 cm³/mol. The highest BCUT2D eigenvalue weighted by Gasteiger charge is 2.39. The van der Waals surface area contributed by atoms with Gasteiger partial charge in [0.25, 0.3) is 0 Å². The van der Waals surface area contributed by atoms with Gasteiger partial charge in [-0.2, -0.15) is 13.2 Å². The number of aliphatic hydroxyl groups excluding tert-OH is 1. The van der Waals surface area contributed by atoms with Crippen molar-refractivity contribution in [1.29, 1.82) is 0 Å². The second kappa shape index (κ2) is 6.30. The van der Waals surface area contributed by atoms with Crippen molar-refractivity contribution in [2.45, 2.75) is 32.2 Å². The number of hydrogen-bond acceptors (Lipinski definition) is 3.